The monoisotopic (exact) mass is 144 g/mol. The lowest BCUT2D eigenvalue weighted by atomic mass is 10.2. The number of hydrogen-bond acceptors (Lipinski definition) is 2. The van der Waals surface area contributed by atoms with Crippen LogP contribution >= 0.6 is 0 Å². The molecule has 0 aliphatic rings. The molecule has 10 heavy (non-hydrogen) atoms. The Kier molecular flexibility index (Phi) is 6.55. The number of hydrogen-bond donors (Lipinski definition) is 1. The van der Waals surface area contributed by atoms with Crippen molar-refractivity contribution >= 4 is 0 Å². The molecule has 0 aromatic rings. The first-order valence-electron chi connectivity index (χ1n) is 3.65. The van der Waals surface area contributed by atoms with E-state index in [9.17, 15) is 0 Å². The lowest BCUT2D eigenvalue weighted by Gasteiger charge is -2.07. The van der Waals surface area contributed by atoms with Gasteiger partial charge in [0.1, 0.15) is 0 Å². The molecule has 1 N–H and O–H groups in total. The first-order valence-corrected chi connectivity index (χ1v) is 3.65. The van der Waals surface area contributed by atoms with Crippen LogP contribution < -0.4 is 0 Å². The Labute approximate surface area is 62.5 Å². The standard InChI is InChI=1S/C8H16O2/c1-3-5-8(10-2)6-4-7-9/h4,6,8-9H,3,5,7H2,1-2H3/b6-4-. The molecule has 0 saturated carbocycles. The van der Waals surface area contributed by atoms with Gasteiger partial charge in [-0.2, -0.15) is 0 Å². The van der Waals surface area contributed by atoms with Gasteiger partial charge in [-0.05, 0) is 6.42 Å². The Balaban J connectivity index is 3.48. The van der Waals surface area contributed by atoms with Crippen LogP contribution in [0.5, 0.6) is 0 Å². The summed E-state index contributed by atoms with van der Waals surface area (Å²) in [7, 11) is 1.68. The van der Waals surface area contributed by atoms with E-state index in [0.29, 0.717) is 0 Å². The molecule has 0 aliphatic carbocycles. The quantitative estimate of drug-likeness (QED) is 0.590. The van der Waals surface area contributed by atoms with Gasteiger partial charge in [0.05, 0.1) is 12.7 Å². The van der Waals surface area contributed by atoms with Crippen LogP contribution in [0.1, 0.15) is 19.8 Å². The highest BCUT2D eigenvalue weighted by Gasteiger charge is 1.97. The summed E-state index contributed by atoms with van der Waals surface area (Å²) in [6, 6.07) is 0. The van der Waals surface area contributed by atoms with Crippen molar-refractivity contribution in [2.45, 2.75) is 25.9 Å². The van der Waals surface area contributed by atoms with Crippen LogP contribution in [0.25, 0.3) is 0 Å². The van der Waals surface area contributed by atoms with Gasteiger partial charge in [0.25, 0.3) is 0 Å². The zero-order valence-corrected chi connectivity index (χ0v) is 6.71. The molecule has 2 nitrogen and oxygen atoms in total. The summed E-state index contributed by atoms with van der Waals surface area (Å²) in [5, 5.41) is 8.44. The zero-order chi connectivity index (χ0) is 7.82. The predicted octanol–water partition coefficient (Wildman–Crippen LogP) is 1.35. The van der Waals surface area contributed by atoms with Crippen LogP contribution in [0.3, 0.4) is 0 Å². The molecule has 0 bridgehead atoms. The Bertz CT molecular complexity index is 89.3. The molecule has 0 rings (SSSR count). The fourth-order valence-electron chi connectivity index (χ4n) is 0.790. The number of aliphatic hydroxyl groups excluding tert-OH is 1. The topological polar surface area (TPSA) is 29.5 Å². The van der Waals surface area contributed by atoms with Gasteiger partial charge in [-0.25, -0.2) is 0 Å². The lowest BCUT2D eigenvalue weighted by Crippen LogP contribution is -2.05. The van der Waals surface area contributed by atoms with Gasteiger partial charge in [0, 0.05) is 7.11 Å². The van der Waals surface area contributed by atoms with E-state index in [-0.39, 0.29) is 12.7 Å². The average Bonchev–Trinajstić information content (AvgIpc) is 1.98. The molecule has 0 aliphatic heterocycles. The third kappa shape index (κ3) is 4.53. The molecular formula is C8H16O2. The summed E-state index contributed by atoms with van der Waals surface area (Å²) >= 11 is 0. The lowest BCUT2D eigenvalue weighted by molar-refractivity contribution is 0.132. The number of rotatable bonds is 5. The predicted molar refractivity (Wildman–Crippen MR) is 41.9 cm³/mol. The second kappa shape index (κ2) is 6.78. The van der Waals surface area contributed by atoms with E-state index in [2.05, 4.69) is 6.92 Å². The molecule has 0 amide bonds. The Morgan fingerprint density at radius 2 is 2.30 bits per heavy atom. The van der Waals surface area contributed by atoms with E-state index in [0.717, 1.165) is 12.8 Å². The van der Waals surface area contributed by atoms with Crippen LogP contribution in [0.2, 0.25) is 0 Å². The van der Waals surface area contributed by atoms with Gasteiger partial charge >= 0.3 is 0 Å². The maximum atomic E-state index is 8.44. The zero-order valence-electron chi connectivity index (χ0n) is 6.71. The van der Waals surface area contributed by atoms with E-state index < -0.39 is 0 Å². The largest absolute Gasteiger partial charge is 0.392 e. The highest BCUT2D eigenvalue weighted by Crippen LogP contribution is 2.01. The van der Waals surface area contributed by atoms with Gasteiger partial charge < -0.3 is 9.84 Å². The van der Waals surface area contributed by atoms with Crippen molar-refractivity contribution in [2.24, 2.45) is 0 Å². The van der Waals surface area contributed by atoms with Crippen molar-refractivity contribution in [3.8, 4) is 0 Å². The normalized spacial score (nSPS) is 14.3. The number of methoxy groups -OCH3 is 1. The smallest absolute Gasteiger partial charge is 0.0752 e. The van der Waals surface area contributed by atoms with Gasteiger partial charge in [-0.1, -0.05) is 25.5 Å². The Hall–Kier alpha value is -0.340. The van der Waals surface area contributed by atoms with E-state index in [1.54, 1.807) is 13.2 Å². The molecule has 2 heteroatoms. The summed E-state index contributed by atoms with van der Waals surface area (Å²) in [6.45, 7) is 2.21. The molecule has 0 fully saturated rings. The van der Waals surface area contributed by atoms with Crippen molar-refractivity contribution in [2.75, 3.05) is 13.7 Å². The van der Waals surface area contributed by atoms with Crippen molar-refractivity contribution in [1.29, 1.82) is 0 Å². The second-order valence-corrected chi connectivity index (χ2v) is 2.17. The minimum Gasteiger partial charge on any atom is -0.392 e. The third-order valence-corrected chi connectivity index (χ3v) is 1.33. The van der Waals surface area contributed by atoms with Crippen LogP contribution in [0.4, 0.5) is 0 Å². The van der Waals surface area contributed by atoms with Crippen molar-refractivity contribution in [3.05, 3.63) is 12.2 Å². The minimum absolute atomic E-state index is 0.101. The maximum absolute atomic E-state index is 8.44. The highest BCUT2D eigenvalue weighted by atomic mass is 16.5. The minimum atomic E-state index is 0.101. The summed E-state index contributed by atoms with van der Waals surface area (Å²) in [5.41, 5.74) is 0. The molecule has 0 spiro atoms. The molecule has 1 unspecified atom stereocenters. The first-order chi connectivity index (χ1) is 4.85. The highest BCUT2D eigenvalue weighted by molar-refractivity contribution is 4.88. The summed E-state index contributed by atoms with van der Waals surface area (Å²) in [6.07, 6.45) is 5.91. The molecule has 0 aromatic heterocycles. The molecule has 0 aromatic carbocycles. The Morgan fingerprint density at radius 3 is 2.70 bits per heavy atom. The molecular weight excluding hydrogens is 128 g/mol. The number of aliphatic hydroxyl groups is 1. The van der Waals surface area contributed by atoms with E-state index in [1.807, 2.05) is 6.08 Å². The fourth-order valence-corrected chi connectivity index (χ4v) is 0.790. The summed E-state index contributed by atoms with van der Waals surface area (Å²) in [5.74, 6) is 0. The molecule has 60 valence electrons. The maximum Gasteiger partial charge on any atom is 0.0752 e. The van der Waals surface area contributed by atoms with Crippen LogP contribution in [0, 0.1) is 0 Å². The van der Waals surface area contributed by atoms with Crippen LogP contribution in [-0.2, 0) is 4.74 Å². The molecule has 0 heterocycles. The Morgan fingerprint density at radius 1 is 1.60 bits per heavy atom. The molecule has 1 atom stereocenters. The van der Waals surface area contributed by atoms with Crippen molar-refractivity contribution < 1.29 is 9.84 Å². The van der Waals surface area contributed by atoms with E-state index in [4.69, 9.17) is 9.84 Å². The summed E-state index contributed by atoms with van der Waals surface area (Å²) < 4.78 is 5.09. The van der Waals surface area contributed by atoms with E-state index >= 15 is 0 Å². The molecule has 0 radical (unpaired) electrons. The van der Waals surface area contributed by atoms with Crippen LogP contribution in [-0.4, -0.2) is 24.9 Å². The van der Waals surface area contributed by atoms with Crippen molar-refractivity contribution in [3.63, 3.8) is 0 Å². The first kappa shape index (κ1) is 9.66. The van der Waals surface area contributed by atoms with Gasteiger partial charge in [-0.15, -0.1) is 0 Å². The van der Waals surface area contributed by atoms with Gasteiger partial charge in [0.2, 0.25) is 0 Å². The van der Waals surface area contributed by atoms with E-state index in [1.165, 1.54) is 0 Å². The summed E-state index contributed by atoms with van der Waals surface area (Å²) in [4.78, 5) is 0. The van der Waals surface area contributed by atoms with Crippen molar-refractivity contribution in [1.82, 2.24) is 0 Å². The number of ether oxygens (including phenoxy) is 1. The fraction of sp³-hybridized carbons (Fsp3) is 0.750. The second-order valence-electron chi connectivity index (χ2n) is 2.17. The third-order valence-electron chi connectivity index (χ3n) is 1.33. The average molecular weight is 144 g/mol. The van der Waals surface area contributed by atoms with Crippen LogP contribution in [0.15, 0.2) is 12.2 Å². The van der Waals surface area contributed by atoms with Gasteiger partial charge in [0.15, 0.2) is 0 Å². The van der Waals surface area contributed by atoms with Gasteiger partial charge in [-0.3, -0.25) is 0 Å². The SMILES string of the molecule is CCCC(/C=C\CO)OC. The molecule has 0 saturated heterocycles.